The largest absolute Gasteiger partial charge is 0.423 e. The number of nitrogens with two attached hydrogens (primary N) is 1. The van der Waals surface area contributed by atoms with E-state index in [1.54, 1.807) is 11.0 Å². The molecule has 0 radical (unpaired) electrons. The van der Waals surface area contributed by atoms with E-state index in [0.29, 0.717) is 22.8 Å². The summed E-state index contributed by atoms with van der Waals surface area (Å²) in [7, 11) is 1.83. The van der Waals surface area contributed by atoms with Crippen molar-refractivity contribution in [3.63, 3.8) is 0 Å². The van der Waals surface area contributed by atoms with E-state index in [-0.39, 0.29) is 6.61 Å². The van der Waals surface area contributed by atoms with Crippen molar-refractivity contribution in [2.24, 2.45) is 0 Å². The Morgan fingerprint density at radius 2 is 2.18 bits per heavy atom. The molecule has 92 valence electrons. The molecule has 2 aromatic rings. The number of para-hydroxylation sites is 1. The summed E-state index contributed by atoms with van der Waals surface area (Å²) in [5.74, 6) is 0. The van der Waals surface area contributed by atoms with Crippen molar-refractivity contribution >= 4 is 22.8 Å². The molecular weight excluding hydrogens is 218 g/mol. The monoisotopic (exact) mass is 235 g/mol. The Bertz CT molecular complexity index is 534. The van der Waals surface area contributed by atoms with Crippen molar-refractivity contribution in [1.82, 2.24) is 4.98 Å². The van der Waals surface area contributed by atoms with E-state index in [0.717, 1.165) is 0 Å². The van der Waals surface area contributed by atoms with Gasteiger partial charge in [0.15, 0.2) is 5.58 Å². The van der Waals surface area contributed by atoms with Crippen molar-refractivity contribution in [3.05, 3.63) is 18.2 Å². The van der Waals surface area contributed by atoms with Crippen LogP contribution < -0.4 is 10.6 Å². The zero-order valence-corrected chi connectivity index (χ0v) is 10.3. The van der Waals surface area contributed by atoms with E-state index in [2.05, 4.69) is 4.98 Å². The van der Waals surface area contributed by atoms with E-state index in [1.165, 1.54) is 0 Å². The average molecular weight is 235 g/mol. The topological polar surface area (TPSA) is 75.5 Å². The Kier molecular flexibility index (Phi) is 2.71. The van der Waals surface area contributed by atoms with Crippen LogP contribution in [0, 0.1) is 0 Å². The molecule has 1 aromatic carbocycles. The van der Waals surface area contributed by atoms with Crippen LogP contribution in [0.5, 0.6) is 0 Å². The maximum absolute atomic E-state index is 9.32. The molecule has 0 bridgehead atoms. The molecule has 1 aromatic heterocycles. The number of rotatable bonds is 3. The number of nitrogen functional groups attached to an aromatic ring is 1. The number of hydrogen-bond donors (Lipinski definition) is 2. The second-order valence-corrected chi connectivity index (χ2v) is 4.72. The van der Waals surface area contributed by atoms with Gasteiger partial charge in [0.05, 0.1) is 17.8 Å². The first kappa shape index (κ1) is 11.7. The fourth-order valence-corrected chi connectivity index (χ4v) is 1.47. The molecule has 0 aliphatic rings. The van der Waals surface area contributed by atoms with E-state index in [4.69, 9.17) is 10.2 Å². The fourth-order valence-electron chi connectivity index (χ4n) is 1.47. The minimum atomic E-state index is -0.435. The van der Waals surface area contributed by atoms with Gasteiger partial charge in [-0.3, -0.25) is 0 Å². The molecule has 0 aliphatic heterocycles. The fraction of sp³-hybridized carbons (Fsp3) is 0.417. The molecule has 5 nitrogen and oxygen atoms in total. The number of benzene rings is 1. The summed E-state index contributed by atoms with van der Waals surface area (Å²) in [6, 6.07) is 5.88. The van der Waals surface area contributed by atoms with Crippen LogP contribution in [-0.2, 0) is 0 Å². The highest BCUT2D eigenvalue weighted by Gasteiger charge is 2.26. The van der Waals surface area contributed by atoms with Crippen molar-refractivity contribution < 1.29 is 9.52 Å². The molecule has 0 spiro atoms. The van der Waals surface area contributed by atoms with Crippen LogP contribution >= 0.6 is 0 Å². The first-order chi connectivity index (χ1) is 7.95. The molecule has 0 aliphatic carbocycles. The van der Waals surface area contributed by atoms with Gasteiger partial charge in [-0.15, -0.1) is 0 Å². The second kappa shape index (κ2) is 3.92. The number of nitrogens with zero attached hydrogens (tertiary/aromatic N) is 2. The van der Waals surface area contributed by atoms with E-state index in [1.807, 2.05) is 33.0 Å². The van der Waals surface area contributed by atoms with Crippen molar-refractivity contribution in [2.75, 3.05) is 24.3 Å². The second-order valence-electron chi connectivity index (χ2n) is 4.72. The number of likely N-dealkylation sites (N-methyl/N-ethyl adjacent to an activating group) is 1. The minimum Gasteiger partial charge on any atom is -0.423 e. The van der Waals surface area contributed by atoms with Gasteiger partial charge >= 0.3 is 0 Å². The van der Waals surface area contributed by atoms with E-state index in [9.17, 15) is 5.11 Å². The maximum Gasteiger partial charge on any atom is 0.298 e. The predicted molar refractivity (Wildman–Crippen MR) is 68.0 cm³/mol. The lowest BCUT2D eigenvalue weighted by atomic mass is 10.1. The lowest BCUT2D eigenvalue weighted by Gasteiger charge is -2.32. The van der Waals surface area contributed by atoms with E-state index >= 15 is 0 Å². The van der Waals surface area contributed by atoms with Gasteiger partial charge in [-0.05, 0) is 26.0 Å². The van der Waals surface area contributed by atoms with Gasteiger partial charge in [-0.1, -0.05) is 6.07 Å². The predicted octanol–water partition coefficient (Wildman–Crippen LogP) is 1.62. The molecule has 5 heteroatoms. The number of fused-ring (bicyclic) bond motifs is 1. The van der Waals surface area contributed by atoms with Crippen LogP contribution in [0.2, 0.25) is 0 Å². The zero-order valence-electron chi connectivity index (χ0n) is 10.3. The van der Waals surface area contributed by atoms with Crippen LogP contribution in [0.4, 0.5) is 11.7 Å². The molecule has 0 atom stereocenters. The third kappa shape index (κ3) is 1.93. The number of aromatic nitrogens is 1. The van der Waals surface area contributed by atoms with Gasteiger partial charge in [0.1, 0.15) is 5.52 Å². The van der Waals surface area contributed by atoms with Crippen molar-refractivity contribution in [3.8, 4) is 0 Å². The summed E-state index contributed by atoms with van der Waals surface area (Å²) in [6.07, 6.45) is 0. The highest BCUT2D eigenvalue weighted by molar-refractivity contribution is 5.86. The molecule has 0 saturated carbocycles. The highest BCUT2D eigenvalue weighted by Crippen LogP contribution is 2.28. The third-order valence-corrected chi connectivity index (χ3v) is 3.02. The first-order valence-corrected chi connectivity index (χ1v) is 5.45. The quantitative estimate of drug-likeness (QED) is 0.791. The first-order valence-electron chi connectivity index (χ1n) is 5.45. The summed E-state index contributed by atoms with van der Waals surface area (Å²) in [4.78, 5) is 6.15. The number of aliphatic hydroxyl groups is 1. The molecule has 0 saturated heterocycles. The highest BCUT2D eigenvalue weighted by atomic mass is 16.4. The van der Waals surface area contributed by atoms with Gasteiger partial charge < -0.3 is 20.2 Å². The normalized spacial score (nSPS) is 12.0. The van der Waals surface area contributed by atoms with Crippen molar-refractivity contribution in [2.45, 2.75) is 19.4 Å². The number of oxazole rings is 1. The molecule has 0 amide bonds. The zero-order chi connectivity index (χ0) is 12.6. The Hall–Kier alpha value is -1.75. The summed E-state index contributed by atoms with van der Waals surface area (Å²) in [5.41, 5.74) is 7.29. The lowest BCUT2D eigenvalue weighted by molar-refractivity contribution is 0.212. The smallest absolute Gasteiger partial charge is 0.298 e. The summed E-state index contributed by atoms with van der Waals surface area (Å²) in [6.45, 7) is 3.83. The molecule has 1 heterocycles. The Morgan fingerprint density at radius 3 is 2.76 bits per heavy atom. The Morgan fingerprint density at radius 1 is 1.47 bits per heavy atom. The van der Waals surface area contributed by atoms with Gasteiger partial charge in [0.2, 0.25) is 0 Å². The maximum atomic E-state index is 9.32. The van der Waals surface area contributed by atoms with Gasteiger partial charge in [0, 0.05) is 7.05 Å². The number of anilines is 2. The molecule has 17 heavy (non-hydrogen) atoms. The Labute approximate surface area is 99.8 Å². The van der Waals surface area contributed by atoms with Crippen LogP contribution in [0.15, 0.2) is 22.6 Å². The summed E-state index contributed by atoms with van der Waals surface area (Å²) in [5, 5.41) is 9.32. The Balaban J connectivity index is 2.47. The molecule has 3 N–H and O–H groups in total. The van der Waals surface area contributed by atoms with Gasteiger partial charge in [0.25, 0.3) is 6.01 Å². The molecule has 0 fully saturated rings. The van der Waals surface area contributed by atoms with E-state index < -0.39 is 5.54 Å². The third-order valence-electron chi connectivity index (χ3n) is 3.02. The van der Waals surface area contributed by atoms with Crippen LogP contribution in [-0.4, -0.2) is 29.3 Å². The standard InChI is InChI=1S/C12H17N3O2/c1-12(2,7-16)15(3)11-14-10-8(13)5-4-6-9(10)17-11/h4-6,16H,7,13H2,1-3H3. The summed E-state index contributed by atoms with van der Waals surface area (Å²) < 4.78 is 5.62. The average Bonchev–Trinajstić information content (AvgIpc) is 2.73. The van der Waals surface area contributed by atoms with Crippen LogP contribution in [0.3, 0.4) is 0 Å². The minimum absolute atomic E-state index is 0.0116. The van der Waals surface area contributed by atoms with Crippen LogP contribution in [0.25, 0.3) is 11.1 Å². The van der Waals surface area contributed by atoms with Gasteiger partial charge in [-0.2, -0.15) is 4.98 Å². The van der Waals surface area contributed by atoms with Crippen LogP contribution in [0.1, 0.15) is 13.8 Å². The number of aliphatic hydroxyl groups excluding tert-OH is 1. The molecular formula is C12H17N3O2. The van der Waals surface area contributed by atoms with Crippen molar-refractivity contribution in [1.29, 1.82) is 0 Å². The SMILES string of the molecule is CN(c1nc2c(N)cccc2o1)C(C)(C)CO. The summed E-state index contributed by atoms with van der Waals surface area (Å²) >= 11 is 0. The number of hydrogen-bond acceptors (Lipinski definition) is 5. The lowest BCUT2D eigenvalue weighted by Crippen LogP contribution is -2.44. The molecule has 0 unspecified atom stereocenters. The van der Waals surface area contributed by atoms with Gasteiger partial charge in [-0.25, -0.2) is 0 Å². The molecule has 2 rings (SSSR count).